The number of hydrogen-bond acceptors (Lipinski definition) is 6. The smallest absolute Gasteiger partial charge is 0.348 e. The zero-order chi connectivity index (χ0) is 17.5. The Balaban J connectivity index is 1.82. The molecule has 1 N–H and O–H groups in total. The average Bonchev–Trinajstić information content (AvgIpc) is 3.04. The Kier molecular flexibility index (Phi) is 6.45. The van der Waals surface area contributed by atoms with Gasteiger partial charge in [-0.05, 0) is 29.8 Å². The number of hydrogen-bond donors (Lipinski definition) is 1. The highest BCUT2D eigenvalue weighted by atomic mass is 35.5. The predicted octanol–water partition coefficient (Wildman–Crippen LogP) is 2.89. The van der Waals surface area contributed by atoms with Crippen LogP contribution in [-0.4, -0.2) is 32.7 Å². The van der Waals surface area contributed by atoms with Crippen LogP contribution in [0.25, 0.3) is 0 Å². The third-order valence-electron chi connectivity index (χ3n) is 3.05. The molecule has 1 heterocycles. The number of benzene rings is 1. The minimum atomic E-state index is -0.576. The number of thiophene rings is 1. The Labute approximate surface area is 148 Å². The van der Waals surface area contributed by atoms with Gasteiger partial charge in [0.05, 0.1) is 18.6 Å². The molecule has 0 unspecified atom stereocenters. The van der Waals surface area contributed by atoms with Gasteiger partial charge in [-0.1, -0.05) is 17.7 Å². The number of rotatable bonds is 7. The molecular weight excluding hydrogens is 354 g/mol. The summed E-state index contributed by atoms with van der Waals surface area (Å²) in [4.78, 5) is 23.8. The summed E-state index contributed by atoms with van der Waals surface area (Å²) in [6.07, 6.45) is 0. The second-order valence-electron chi connectivity index (χ2n) is 4.65. The molecule has 0 aliphatic rings. The fraction of sp³-hybridized carbons (Fsp3) is 0.250. The minimum absolute atomic E-state index is 0.279. The van der Waals surface area contributed by atoms with E-state index < -0.39 is 11.9 Å². The van der Waals surface area contributed by atoms with Gasteiger partial charge >= 0.3 is 5.97 Å². The maximum Gasteiger partial charge on any atom is 0.348 e. The fourth-order valence-electron chi connectivity index (χ4n) is 1.87. The van der Waals surface area contributed by atoms with E-state index >= 15 is 0 Å². The van der Waals surface area contributed by atoms with Crippen LogP contribution in [0.5, 0.6) is 11.5 Å². The van der Waals surface area contributed by atoms with E-state index in [2.05, 4.69) is 5.32 Å². The Morgan fingerprint density at radius 3 is 2.50 bits per heavy atom. The quantitative estimate of drug-likeness (QED) is 0.759. The molecule has 1 aromatic heterocycles. The summed E-state index contributed by atoms with van der Waals surface area (Å²) in [5.74, 6) is 0.204. The zero-order valence-electron chi connectivity index (χ0n) is 13.1. The lowest BCUT2D eigenvalue weighted by molar-refractivity contribution is -0.124. The third kappa shape index (κ3) is 4.87. The van der Waals surface area contributed by atoms with Gasteiger partial charge in [-0.3, -0.25) is 4.79 Å². The van der Waals surface area contributed by atoms with E-state index in [0.717, 1.165) is 16.9 Å². The van der Waals surface area contributed by atoms with Crippen LogP contribution in [0, 0.1) is 0 Å². The van der Waals surface area contributed by atoms with Crippen LogP contribution in [0.1, 0.15) is 15.2 Å². The third-order valence-corrected chi connectivity index (χ3v) is 4.26. The highest BCUT2D eigenvalue weighted by Gasteiger charge is 2.12. The fourth-order valence-corrected chi connectivity index (χ4v) is 2.81. The molecule has 0 fully saturated rings. The van der Waals surface area contributed by atoms with Crippen molar-refractivity contribution in [1.29, 1.82) is 0 Å². The van der Waals surface area contributed by atoms with Crippen molar-refractivity contribution in [3.8, 4) is 11.5 Å². The molecule has 6 nitrogen and oxygen atoms in total. The first kappa shape index (κ1) is 18.1. The van der Waals surface area contributed by atoms with Crippen molar-refractivity contribution in [3.63, 3.8) is 0 Å². The number of carbonyl (C=O) groups is 2. The van der Waals surface area contributed by atoms with Gasteiger partial charge in [0.15, 0.2) is 18.1 Å². The molecule has 128 valence electrons. The lowest BCUT2D eigenvalue weighted by atomic mass is 10.2. The Morgan fingerprint density at radius 2 is 1.88 bits per heavy atom. The molecule has 2 rings (SSSR count). The van der Waals surface area contributed by atoms with E-state index in [0.29, 0.717) is 20.7 Å². The van der Waals surface area contributed by atoms with Crippen LogP contribution in [0.2, 0.25) is 4.34 Å². The number of ether oxygens (including phenoxy) is 3. The molecule has 1 amide bonds. The average molecular weight is 370 g/mol. The SMILES string of the molecule is COc1ccc(CNC(=O)COC(=O)c2ccc(Cl)s2)cc1OC. The van der Waals surface area contributed by atoms with E-state index in [1.165, 1.54) is 7.11 Å². The second kappa shape index (κ2) is 8.56. The van der Waals surface area contributed by atoms with E-state index in [4.69, 9.17) is 25.8 Å². The summed E-state index contributed by atoms with van der Waals surface area (Å²) in [5.41, 5.74) is 0.831. The summed E-state index contributed by atoms with van der Waals surface area (Å²) >= 11 is 6.84. The van der Waals surface area contributed by atoms with Crippen LogP contribution in [0.15, 0.2) is 30.3 Å². The Bertz CT molecular complexity index is 731. The predicted molar refractivity (Wildman–Crippen MR) is 91.0 cm³/mol. The van der Waals surface area contributed by atoms with Crippen molar-refractivity contribution in [3.05, 3.63) is 45.1 Å². The normalized spacial score (nSPS) is 10.1. The zero-order valence-corrected chi connectivity index (χ0v) is 14.7. The Hall–Kier alpha value is -2.25. The van der Waals surface area contributed by atoms with E-state index in [-0.39, 0.29) is 13.2 Å². The van der Waals surface area contributed by atoms with Crippen molar-refractivity contribution in [1.82, 2.24) is 5.32 Å². The molecule has 8 heteroatoms. The largest absolute Gasteiger partial charge is 0.493 e. The molecule has 0 bridgehead atoms. The molecular formula is C16H16ClNO5S. The minimum Gasteiger partial charge on any atom is -0.493 e. The first-order chi connectivity index (χ1) is 11.5. The number of esters is 1. The van der Waals surface area contributed by atoms with Gasteiger partial charge in [-0.25, -0.2) is 4.79 Å². The van der Waals surface area contributed by atoms with Crippen molar-refractivity contribution in [2.75, 3.05) is 20.8 Å². The summed E-state index contributed by atoms with van der Waals surface area (Å²) in [5, 5.41) is 2.66. The highest BCUT2D eigenvalue weighted by molar-refractivity contribution is 7.17. The molecule has 0 saturated carbocycles. The molecule has 0 radical (unpaired) electrons. The number of methoxy groups -OCH3 is 2. The van der Waals surface area contributed by atoms with Crippen LogP contribution in [0.4, 0.5) is 0 Å². The van der Waals surface area contributed by atoms with Crippen LogP contribution < -0.4 is 14.8 Å². The first-order valence-electron chi connectivity index (χ1n) is 6.93. The van der Waals surface area contributed by atoms with E-state index in [1.54, 1.807) is 37.4 Å². The van der Waals surface area contributed by atoms with Gasteiger partial charge < -0.3 is 19.5 Å². The maximum atomic E-state index is 11.8. The van der Waals surface area contributed by atoms with Gasteiger partial charge in [-0.2, -0.15) is 0 Å². The summed E-state index contributed by atoms with van der Waals surface area (Å²) in [6, 6.07) is 8.47. The number of amides is 1. The lowest BCUT2D eigenvalue weighted by Crippen LogP contribution is -2.28. The van der Waals surface area contributed by atoms with Gasteiger partial charge in [0.25, 0.3) is 5.91 Å². The van der Waals surface area contributed by atoms with E-state index in [9.17, 15) is 9.59 Å². The van der Waals surface area contributed by atoms with Crippen LogP contribution in [0.3, 0.4) is 0 Å². The maximum absolute atomic E-state index is 11.8. The highest BCUT2D eigenvalue weighted by Crippen LogP contribution is 2.27. The Morgan fingerprint density at radius 1 is 1.12 bits per heavy atom. The molecule has 0 atom stereocenters. The summed E-state index contributed by atoms with van der Waals surface area (Å²) in [7, 11) is 3.09. The lowest BCUT2D eigenvalue weighted by Gasteiger charge is -2.10. The van der Waals surface area contributed by atoms with Gasteiger partial charge in [0.2, 0.25) is 0 Å². The molecule has 0 aliphatic heterocycles. The monoisotopic (exact) mass is 369 g/mol. The van der Waals surface area contributed by atoms with Gasteiger partial charge in [-0.15, -0.1) is 11.3 Å². The van der Waals surface area contributed by atoms with Crippen LogP contribution in [-0.2, 0) is 16.1 Å². The molecule has 2 aromatic rings. The van der Waals surface area contributed by atoms with Crippen molar-refractivity contribution < 1.29 is 23.8 Å². The second-order valence-corrected chi connectivity index (χ2v) is 6.36. The summed E-state index contributed by atoms with van der Waals surface area (Å²) in [6.45, 7) is -0.0801. The first-order valence-corrected chi connectivity index (χ1v) is 8.13. The molecule has 0 spiro atoms. The number of nitrogens with one attached hydrogen (secondary N) is 1. The topological polar surface area (TPSA) is 73.9 Å². The van der Waals surface area contributed by atoms with Crippen molar-refractivity contribution >= 4 is 34.8 Å². The number of halogens is 1. The van der Waals surface area contributed by atoms with E-state index in [1.807, 2.05) is 0 Å². The molecule has 1 aromatic carbocycles. The van der Waals surface area contributed by atoms with Crippen LogP contribution >= 0.6 is 22.9 Å². The van der Waals surface area contributed by atoms with Crippen molar-refractivity contribution in [2.45, 2.75) is 6.54 Å². The number of carbonyl (C=O) groups excluding carboxylic acids is 2. The standard InChI is InChI=1S/C16H16ClNO5S/c1-21-11-4-3-10(7-12(11)22-2)8-18-15(19)9-23-16(20)13-5-6-14(17)24-13/h3-7H,8-9H2,1-2H3,(H,18,19). The molecule has 24 heavy (non-hydrogen) atoms. The van der Waals surface area contributed by atoms with Gasteiger partial charge in [0.1, 0.15) is 4.88 Å². The van der Waals surface area contributed by atoms with Gasteiger partial charge in [0, 0.05) is 6.54 Å². The van der Waals surface area contributed by atoms with Crippen molar-refractivity contribution in [2.24, 2.45) is 0 Å². The summed E-state index contributed by atoms with van der Waals surface area (Å²) < 4.78 is 15.8. The molecule has 0 saturated heterocycles. The molecule has 0 aliphatic carbocycles.